The SMILES string of the molecule is CCCN1CCC(Cc2ccc3c(c2)c(Cc2ccc(C(=O)O)cc2OC)cn3CCC)C1=O. The minimum Gasteiger partial charge on any atom is -0.496 e. The maximum absolute atomic E-state index is 12.8. The zero-order valence-electron chi connectivity index (χ0n) is 20.3. The number of hydrogen-bond acceptors (Lipinski definition) is 3. The molecule has 34 heavy (non-hydrogen) atoms. The molecule has 1 amide bonds. The number of methoxy groups -OCH3 is 1. The molecule has 1 aromatic heterocycles. The summed E-state index contributed by atoms with van der Waals surface area (Å²) in [5.41, 5.74) is 4.72. The highest BCUT2D eigenvalue weighted by Gasteiger charge is 2.31. The van der Waals surface area contributed by atoms with Gasteiger partial charge in [-0.3, -0.25) is 4.79 Å². The Hall–Kier alpha value is -3.28. The molecule has 1 aliphatic rings. The molecule has 4 rings (SSSR count). The van der Waals surface area contributed by atoms with E-state index >= 15 is 0 Å². The van der Waals surface area contributed by atoms with Gasteiger partial charge in [0.25, 0.3) is 0 Å². The molecule has 2 aromatic carbocycles. The summed E-state index contributed by atoms with van der Waals surface area (Å²) in [5.74, 6) is -0.0316. The van der Waals surface area contributed by atoms with Gasteiger partial charge in [0.2, 0.25) is 5.91 Å². The number of aromatic carboxylic acids is 1. The molecule has 1 atom stereocenters. The van der Waals surface area contributed by atoms with Crippen molar-refractivity contribution in [1.82, 2.24) is 9.47 Å². The Morgan fingerprint density at radius 3 is 2.59 bits per heavy atom. The molecule has 6 heteroatoms. The van der Waals surface area contributed by atoms with Crippen molar-refractivity contribution >= 4 is 22.8 Å². The molecule has 0 bridgehead atoms. The second-order valence-corrected chi connectivity index (χ2v) is 9.22. The number of rotatable bonds is 10. The first-order chi connectivity index (χ1) is 16.4. The average molecular weight is 463 g/mol. The molecule has 1 aliphatic heterocycles. The minimum atomic E-state index is -0.965. The molecule has 6 nitrogen and oxygen atoms in total. The van der Waals surface area contributed by atoms with Crippen LogP contribution < -0.4 is 4.74 Å². The summed E-state index contributed by atoms with van der Waals surface area (Å²) >= 11 is 0. The Labute approximate surface area is 201 Å². The van der Waals surface area contributed by atoms with Gasteiger partial charge in [0, 0.05) is 49.1 Å². The zero-order valence-corrected chi connectivity index (χ0v) is 20.3. The zero-order chi connectivity index (χ0) is 24.2. The molecule has 0 spiro atoms. The van der Waals surface area contributed by atoms with Crippen LogP contribution in [0.5, 0.6) is 5.75 Å². The molecule has 1 fully saturated rings. The Bertz CT molecular complexity index is 1200. The topological polar surface area (TPSA) is 71.8 Å². The van der Waals surface area contributed by atoms with Crippen LogP contribution in [0.1, 0.15) is 60.2 Å². The first kappa shape index (κ1) is 23.9. The van der Waals surface area contributed by atoms with Gasteiger partial charge in [0.1, 0.15) is 5.75 Å². The van der Waals surface area contributed by atoms with Gasteiger partial charge in [-0.05, 0) is 66.6 Å². The highest BCUT2D eigenvalue weighted by molar-refractivity contribution is 5.89. The van der Waals surface area contributed by atoms with E-state index in [1.165, 1.54) is 22.0 Å². The van der Waals surface area contributed by atoms with Crippen LogP contribution >= 0.6 is 0 Å². The number of hydrogen-bond donors (Lipinski definition) is 1. The number of amides is 1. The highest BCUT2D eigenvalue weighted by atomic mass is 16.5. The van der Waals surface area contributed by atoms with Crippen molar-refractivity contribution in [2.75, 3.05) is 20.2 Å². The van der Waals surface area contributed by atoms with Crippen LogP contribution in [0.4, 0.5) is 0 Å². The Morgan fingerprint density at radius 2 is 1.88 bits per heavy atom. The first-order valence-electron chi connectivity index (χ1n) is 12.2. The highest BCUT2D eigenvalue weighted by Crippen LogP contribution is 2.31. The van der Waals surface area contributed by atoms with Gasteiger partial charge in [-0.1, -0.05) is 26.0 Å². The molecule has 0 aliphatic carbocycles. The van der Waals surface area contributed by atoms with Crippen molar-refractivity contribution < 1.29 is 19.4 Å². The van der Waals surface area contributed by atoms with Crippen molar-refractivity contribution in [3.05, 3.63) is 64.8 Å². The number of carbonyl (C=O) groups excluding carboxylic acids is 1. The van der Waals surface area contributed by atoms with E-state index in [9.17, 15) is 14.7 Å². The minimum absolute atomic E-state index is 0.0637. The van der Waals surface area contributed by atoms with Crippen LogP contribution in [0.3, 0.4) is 0 Å². The molecule has 1 N–H and O–H groups in total. The lowest BCUT2D eigenvalue weighted by atomic mass is 9.95. The second-order valence-electron chi connectivity index (χ2n) is 9.22. The maximum Gasteiger partial charge on any atom is 0.335 e. The Morgan fingerprint density at radius 1 is 1.09 bits per heavy atom. The Balaban J connectivity index is 1.66. The fraction of sp³-hybridized carbons (Fsp3) is 0.429. The van der Waals surface area contributed by atoms with Crippen molar-refractivity contribution in [3.8, 4) is 5.75 Å². The van der Waals surface area contributed by atoms with Gasteiger partial charge < -0.3 is 19.3 Å². The van der Waals surface area contributed by atoms with E-state index in [1.54, 1.807) is 19.2 Å². The first-order valence-corrected chi connectivity index (χ1v) is 12.2. The third-order valence-corrected chi connectivity index (χ3v) is 6.79. The van der Waals surface area contributed by atoms with E-state index < -0.39 is 5.97 Å². The molecule has 0 saturated carbocycles. The molecule has 180 valence electrons. The number of carboxylic acid groups (broad SMARTS) is 1. The summed E-state index contributed by atoms with van der Waals surface area (Å²) in [7, 11) is 1.57. The van der Waals surface area contributed by atoms with Crippen LogP contribution in [0.15, 0.2) is 42.6 Å². The second kappa shape index (κ2) is 10.3. The lowest BCUT2D eigenvalue weighted by Gasteiger charge is -2.15. The number of ether oxygens (including phenoxy) is 1. The Kier molecular flexibility index (Phi) is 7.25. The largest absolute Gasteiger partial charge is 0.496 e. The van der Waals surface area contributed by atoms with E-state index in [2.05, 4.69) is 42.8 Å². The van der Waals surface area contributed by atoms with Crippen LogP contribution in [0.2, 0.25) is 0 Å². The fourth-order valence-corrected chi connectivity index (χ4v) is 5.11. The van der Waals surface area contributed by atoms with Crippen LogP contribution in [0, 0.1) is 5.92 Å². The lowest BCUT2D eigenvalue weighted by Crippen LogP contribution is -2.28. The summed E-state index contributed by atoms with van der Waals surface area (Å²) in [6.07, 6.45) is 6.57. The maximum atomic E-state index is 12.8. The molecule has 2 heterocycles. The van der Waals surface area contributed by atoms with E-state index in [0.29, 0.717) is 12.2 Å². The third kappa shape index (κ3) is 4.81. The van der Waals surface area contributed by atoms with Crippen LogP contribution in [-0.2, 0) is 24.2 Å². The summed E-state index contributed by atoms with van der Waals surface area (Å²) in [4.78, 5) is 26.1. The standard InChI is InChI=1S/C28H34N2O4/c1-4-11-29-13-10-21(27(29)31)14-19-6-9-25-24(15-19)23(18-30(25)12-5-2)16-20-7-8-22(28(32)33)17-26(20)34-3/h6-9,15,17-18,21H,4-5,10-14,16H2,1-3H3,(H,32,33). The number of fused-ring (bicyclic) bond motifs is 1. The summed E-state index contributed by atoms with van der Waals surface area (Å²) in [6.45, 7) is 6.92. The molecular formula is C28H34N2O4. The number of aromatic nitrogens is 1. The van der Waals surface area contributed by atoms with Gasteiger partial charge in [0.05, 0.1) is 12.7 Å². The molecule has 0 radical (unpaired) electrons. The normalized spacial score (nSPS) is 15.9. The molecule has 1 saturated heterocycles. The smallest absolute Gasteiger partial charge is 0.335 e. The van der Waals surface area contributed by atoms with Gasteiger partial charge in [-0.2, -0.15) is 0 Å². The molecule has 3 aromatic rings. The lowest BCUT2D eigenvalue weighted by molar-refractivity contribution is -0.130. The van der Waals surface area contributed by atoms with Crippen molar-refractivity contribution in [2.24, 2.45) is 5.92 Å². The van der Waals surface area contributed by atoms with Crippen LogP contribution in [0.25, 0.3) is 10.9 Å². The number of benzene rings is 2. The monoisotopic (exact) mass is 462 g/mol. The summed E-state index contributed by atoms with van der Waals surface area (Å²) in [6, 6.07) is 11.6. The van der Waals surface area contributed by atoms with Crippen LogP contribution in [-0.4, -0.2) is 46.6 Å². The quantitative estimate of drug-likeness (QED) is 0.452. The number of likely N-dealkylation sites (tertiary alicyclic amines) is 1. The predicted octanol–water partition coefficient (Wildman–Crippen LogP) is 5.15. The number of carbonyl (C=O) groups is 2. The number of nitrogens with zero attached hydrogens (tertiary/aromatic N) is 2. The van der Waals surface area contributed by atoms with E-state index in [0.717, 1.165) is 50.9 Å². The van der Waals surface area contributed by atoms with Gasteiger partial charge >= 0.3 is 5.97 Å². The van der Waals surface area contributed by atoms with Gasteiger partial charge in [-0.25, -0.2) is 4.79 Å². The van der Waals surface area contributed by atoms with E-state index in [4.69, 9.17) is 4.74 Å². The van der Waals surface area contributed by atoms with Gasteiger partial charge in [0.15, 0.2) is 0 Å². The van der Waals surface area contributed by atoms with E-state index in [1.807, 2.05) is 11.0 Å². The number of carboxylic acids is 1. The molecule has 1 unspecified atom stereocenters. The molecular weight excluding hydrogens is 428 g/mol. The summed E-state index contributed by atoms with van der Waals surface area (Å²) in [5, 5.41) is 10.5. The van der Waals surface area contributed by atoms with Crippen molar-refractivity contribution in [3.63, 3.8) is 0 Å². The fourth-order valence-electron chi connectivity index (χ4n) is 5.11. The van der Waals surface area contributed by atoms with Crippen molar-refractivity contribution in [1.29, 1.82) is 0 Å². The number of aryl methyl sites for hydroxylation is 1. The average Bonchev–Trinajstić information content (AvgIpc) is 3.34. The third-order valence-electron chi connectivity index (χ3n) is 6.79. The predicted molar refractivity (Wildman–Crippen MR) is 134 cm³/mol. The van der Waals surface area contributed by atoms with Crippen molar-refractivity contribution in [2.45, 2.75) is 52.5 Å². The summed E-state index contributed by atoms with van der Waals surface area (Å²) < 4.78 is 7.80. The van der Waals surface area contributed by atoms with Gasteiger partial charge in [-0.15, -0.1) is 0 Å². The van der Waals surface area contributed by atoms with E-state index in [-0.39, 0.29) is 17.4 Å².